The number of nitrogens with one attached hydrogen (secondary N) is 1. The molecule has 3 N–H and O–H groups in total. The van der Waals surface area contributed by atoms with Crippen LogP contribution >= 0.6 is 12.4 Å². The van der Waals surface area contributed by atoms with Gasteiger partial charge >= 0.3 is 0 Å². The minimum Gasteiger partial charge on any atom is -0.497 e. The highest BCUT2D eigenvalue weighted by Gasteiger charge is 2.07. The summed E-state index contributed by atoms with van der Waals surface area (Å²) in [6.45, 7) is 2.36. The van der Waals surface area contributed by atoms with Crippen LogP contribution in [0.1, 0.15) is 18.9 Å². The summed E-state index contributed by atoms with van der Waals surface area (Å²) in [5.74, 6) is 1.54. The second-order valence-corrected chi connectivity index (χ2v) is 4.46. The van der Waals surface area contributed by atoms with E-state index in [0.717, 1.165) is 17.1 Å². The lowest BCUT2D eigenvalue weighted by Gasteiger charge is -2.11. The van der Waals surface area contributed by atoms with E-state index in [1.807, 2.05) is 25.1 Å². The number of carbonyl (C=O) groups is 1. The van der Waals surface area contributed by atoms with Gasteiger partial charge in [0.05, 0.1) is 14.2 Å². The molecule has 0 heterocycles. The van der Waals surface area contributed by atoms with Crippen molar-refractivity contribution in [3.05, 3.63) is 23.8 Å². The highest BCUT2D eigenvalue weighted by atomic mass is 35.5. The van der Waals surface area contributed by atoms with Gasteiger partial charge in [-0.1, -0.05) is 0 Å². The Morgan fingerprint density at radius 2 is 2.05 bits per heavy atom. The number of methoxy groups -OCH3 is 2. The summed E-state index contributed by atoms with van der Waals surface area (Å²) in [5.41, 5.74) is 6.57. The smallest absolute Gasteiger partial charge is 0.221 e. The van der Waals surface area contributed by atoms with Crippen molar-refractivity contribution in [1.29, 1.82) is 0 Å². The number of nitrogens with two attached hydrogens (primary N) is 1. The maximum atomic E-state index is 11.5. The van der Waals surface area contributed by atoms with Crippen LogP contribution in [0, 0.1) is 0 Å². The van der Waals surface area contributed by atoms with E-state index in [9.17, 15) is 4.79 Å². The molecule has 0 aliphatic rings. The van der Waals surface area contributed by atoms with E-state index < -0.39 is 0 Å². The van der Waals surface area contributed by atoms with Crippen molar-refractivity contribution in [3.8, 4) is 11.5 Å². The van der Waals surface area contributed by atoms with Gasteiger partial charge in [-0.3, -0.25) is 4.79 Å². The minimum atomic E-state index is -0.119. The maximum Gasteiger partial charge on any atom is 0.221 e. The number of ether oxygens (including phenoxy) is 2. The van der Waals surface area contributed by atoms with Crippen LogP contribution in [0.25, 0.3) is 0 Å². The Morgan fingerprint density at radius 3 is 2.60 bits per heavy atom. The van der Waals surface area contributed by atoms with Crippen molar-refractivity contribution >= 4 is 18.3 Å². The fraction of sp³-hybridized carbons (Fsp3) is 0.500. The van der Waals surface area contributed by atoms with Gasteiger partial charge in [0.1, 0.15) is 11.5 Å². The number of benzene rings is 1. The zero-order valence-electron chi connectivity index (χ0n) is 12.1. The second kappa shape index (κ2) is 9.44. The van der Waals surface area contributed by atoms with Crippen molar-refractivity contribution in [1.82, 2.24) is 5.32 Å². The molecule has 0 spiro atoms. The molecule has 0 saturated heterocycles. The predicted octanol–water partition coefficient (Wildman–Crippen LogP) is 1.52. The summed E-state index contributed by atoms with van der Waals surface area (Å²) < 4.78 is 10.5. The normalized spacial score (nSPS) is 11.2. The van der Waals surface area contributed by atoms with E-state index in [1.54, 1.807) is 14.2 Å². The average molecular weight is 303 g/mol. The molecule has 1 atom stereocenters. The van der Waals surface area contributed by atoms with E-state index >= 15 is 0 Å². The molecule has 1 aromatic rings. The molecule has 0 bridgehead atoms. The van der Waals surface area contributed by atoms with Crippen molar-refractivity contribution in [2.75, 3.05) is 20.8 Å². The summed E-state index contributed by atoms with van der Waals surface area (Å²) in [7, 11) is 3.25. The third-order valence-electron chi connectivity index (χ3n) is 2.71. The molecule has 1 unspecified atom stereocenters. The van der Waals surface area contributed by atoms with Crippen molar-refractivity contribution in [2.45, 2.75) is 25.8 Å². The number of carbonyl (C=O) groups excluding carboxylic acids is 1. The van der Waals surface area contributed by atoms with Crippen LogP contribution in [0.3, 0.4) is 0 Å². The summed E-state index contributed by atoms with van der Waals surface area (Å²) in [6.07, 6.45) is 1.03. The standard InChI is InChI=1S/C14H22N2O3.ClH/c1-10(15)8-14(17)16-7-6-11-9-12(18-2)4-5-13(11)19-3;/h4-5,9-10H,6-8,15H2,1-3H3,(H,16,17);1H. The van der Waals surface area contributed by atoms with Crippen LogP contribution in [0.2, 0.25) is 0 Å². The molecule has 0 fully saturated rings. The van der Waals surface area contributed by atoms with Gasteiger partial charge in [0.15, 0.2) is 0 Å². The Kier molecular flexibility index (Phi) is 8.76. The van der Waals surface area contributed by atoms with E-state index in [-0.39, 0.29) is 24.4 Å². The van der Waals surface area contributed by atoms with Crippen molar-refractivity contribution < 1.29 is 14.3 Å². The number of amides is 1. The Labute approximate surface area is 126 Å². The van der Waals surface area contributed by atoms with Gasteiger partial charge in [-0.05, 0) is 37.1 Å². The van der Waals surface area contributed by atoms with E-state index in [0.29, 0.717) is 19.4 Å². The second-order valence-electron chi connectivity index (χ2n) is 4.46. The van der Waals surface area contributed by atoms with Gasteiger partial charge in [0.25, 0.3) is 0 Å². The van der Waals surface area contributed by atoms with Crippen LogP contribution in [0.5, 0.6) is 11.5 Å². The third kappa shape index (κ3) is 6.12. The van der Waals surface area contributed by atoms with Crippen LogP contribution in [-0.4, -0.2) is 32.7 Å². The van der Waals surface area contributed by atoms with E-state index in [2.05, 4.69) is 5.32 Å². The Balaban J connectivity index is 0.00000361. The highest BCUT2D eigenvalue weighted by Crippen LogP contribution is 2.24. The third-order valence-corrected chi connectivity index (χ3v) is 2.71. The molecule has 0 aromatic heterocycles. The molecule has 114 valence electrons. The first-order valence-electron chi connectivity index (χ1n) is 6.30. The average Bonchev–Trinajstić information content (AvgIpc) is 2.37. The maximum absolute atomic E-state index is 11.5. The predicted molar refractivity (Wildman–Crippen MR) is 81.8 cm³/mol. The Morgan fingerprint density at radius 1 is 1.35 bits per heavy atom. The van der Waals surface area contributed by atoms with Crippen LogP contribution in [0.15, 0.2) is 18.2 Å². The van der Waals surface area contributed by atoms with Gasteiger partial charge < -0.3 is 20.5 Å². The fourth-order valence-corrected chi connectivity index (χ4v) is 1.78. The number of hydrogen-bond donors (Lipinski definition) is 2. The zero-order chi connectivity index (χ0) is 14.3. The molecule has 0 aliphatic carbocycles. The van der Waals surface area contributed by atoms with Gasteiger partial charge in [0, 0.05) is 19.0 Å². The van der Waals surface area contributed by atoms with Gasteiger partial charge in [-0.15, -0.1) is 12.4 Å². The molecule has 1 aromatic carbocycles. The first kappa shape index (κ1) is 18.5. The molecule has 1 amide bonds. The first-order valence-corrected chi connectivity index (χ1v) is 6.30. The van der Waals surface area contributed by atoms with Crippen molar-refractivity contribution in [3.63, 3.8) is 0 Å². The quantitative estimate of drug-likeness (QED) is 0.801. The molecule has 6 heteroatoms. The molecule has 0 aliphatic heterocycles. The summed E-state index contributed by atoms with van der Waals surface area (Å²) in [4.78, 5) is 11.5. The lowest BCUT2D eigenvalue weighted by molar-refractivity contribution is -0.121. The SMILES string of the molecule is COc1ccc(OC)c(CCNC(=O)CC(C)N)c1.Cl. The van der Waals surface area contributed by atoms with Crippen LogP contribution < -0.4 is 20.5 Å². The summed E-state index contributed by atoms with van der Waals surface area (Å²) in [5, 5.41) is 2.84. The molecule has 1 rings (SSSR count). The van der Waals surface area contributed by atoms with Crippen molar-refractivity contribution in [2.24, 2.45) is 5.73 Å². The first-order chi connectivity index (χ1) is 9.06. The number of halogens is 1. The van der Waals surface area contributed by atoms with E-state index in [1.165, 1.54) is 0 Å². The highest BCUT2D eigenvalue weighted by molar-refractivity contribution is 5.85. The molecule has 0 radical (unpaired) electrons. The largest absolute Gasteiger partial charge is 0.497 e. The fourth-order valence-electron chi connectivity index (χ4n) is 1.78. The monoisotopic (exact) mass is 302 g/mol. The molecular weight excluding hydrogens is 280 g/mol. The molecule has 5 nitrogen and oxygen atoms in total. The minimum absolute atomic E-state index is 0. The molecule has 20 heavy (non-hydrogen) atoms. The van der Waals surface area contributed by atoms with Crippen LogP contribution in [-0.2, 0) is 11.2 Å². The zero-order valence-corrected chi connectivity index (χ0v) is 13.0. The summed E-state index contributed by atoms with van der Waals surface area (Å²) >= 11 is 0. The van der Waals surface area contributed by atoms with Crippen LogP contribution in [0.4, 0.5) is 0 Å². The summed E-state index contributed by atoms with van der Waals surface area (Å²) in [6, 6.07) is 5.50. The Hall–Kier alpha value is -1.46. The molecular formula is C14H23ClN2O3. The molecule has 0 saturated carbocycles. The number of rotatable bonds is 7. The van der Waals surface area contributed by atoms with Gasteiger partial charge in [0.2, 0.25) is 5.91 Å². The Bertz CT molecular complexity index is 425. The lowest BCUT2D eigenvalue weighted by atomic mass is 10.1. The van der Waals surface area contributed by atoms with E-state index in [4.69, 9.17) is 15.2 Å². The lowest BCUT2D eigenvalue weighted by Crippen LogP contribution is -2.31. The van der Waals surface area contributed by atoms with Gasteiger partial charge in [-0.2, -0.15) is 0 Å². The number of hydrogen-bond acceptors (Lipinski definition) is 4. The topological polar surface area (TPSA) is 73.6 Å². The van der Waals surface area contributed by atoms with Gasteiger partial charge in [-0.25, -0.2) is 0 Å².